The largest absolute Gasteiger partial charge is 0.464 e. The third-order valence-corrected chi connectivity index (χ3v) is 3.26. The van der Waals surface area contributed by atoms with E-state index in [4.69, 9.17) is 9.47 Å². The molecule has 0 aliphatic carbocycles. The van der Waals surface area contributed by atoms with Crippen molar-refractivity contribution in [1.82, 2.24) is 4.90 Å². The number of hydrogen-bond donors (Lipinski definition) is 0. The highest BCUT2D eigenvalue weighted by Crippen LogP contribution is 2.16. The van der Waals surface area contributed by atoms with Crippen LogP contribution in [0.1, 0.15) is 48.0 Å². The third kappa shape index (κ3) is 7.43. The smallest absolute Gasteiger partial charge is 0.303 e. The van der Waals surface area contributed by atoms with Gasteiger partial charge >= 0.3 is 11.9 Å². The molecule has 0 aliphatic rings. The second-order valence-corrected chi connectivity index (χ2v) is 6.31. The van der Waals surface area contributed by atoms with Crippen LogP contribution in [-0.4, -0.2) is 48.5 Å². The van der Waals surface area contributed by atoms with Gasteiger partial charge in [-0.05, 0) is 18.3 Å². The van der Waals surface area contributed by atoms with E-state index in [1.807, 2.05) is 27.7 Å². The van der Waals surface area contributed by atoms with Crippen LogP contribution in [0.4, 0.5) is 0 Å². The normalized spacial score (nSPS) is 13.7. The number of hydrogen-bond acceptors (Lipinski definition) is 5. The summed E-state index contributed by atoms with van der Waals surface area (Å²) in [7, 11) is 1.65. The van der Waals surface area contributed by atoms with E-state index >= 15 is 0 Å². The van der Waals surface area contributed by atoms with Gasteiger partial charge in [-0.15, -0.1) is 0 Å². The van der Waals surface area contributed by atoms with Gasteiger partial charge in [0.05, 0.1) is 6.04 Å². The quantitative estimate of drug-likeness (QED) is 0.641. The molecule has 0 fully saturated rings. The fourth-order valence-corrected chi connectivity index (χ4v) is 2.13. The topological polar surface area (TPSA) is 72.9 Å². The van der Waals surface area contributed by atoms with Gasteiger partial charge < -0.3 is 14.4 Å². The Labute approximate surface area is 133 Å². The van der Waals surface area contributed by atoms with E-state index < -0.39 is 12.1 Å². The van der Waals surface area contributed by atoms with Crippen molar-refractivity contribution in [2.75, 3.05) is 13.7 Å². The number of esters is 2. The zero-order valence-corrected chi connectivity index (χ0v) is 14.7. The molecule has 0 aromatic carbocycles. The Balaban J connectivity index is 5.05. The Morgan fingerprint density at radius 2 is 1.55 bits per heavy atom. The zero-order chi connectivity index (χ0) is 17.4. The lowest BCUT2D eigenvalue weighted by Crippen LogP contribution is -2.48. The standard InChI is InChI=1S/C16H29NO5/c1-10(2)8-14(9-21-12(5)18)17(7)16(20)15(11(3)4)22-13(6)19/h10-11,14-15H,8-9H2,1-7H3/t14-,15+/m0/s1. The molecule has 0 saturated heterocycles. The van der Waals surface area contributed by atoms with Crippen LogP contribution >= 0.6 is 0 Å². The first-order chi connectivity index (χ1) is 10.1. The Kier molecular flexibility index (Phi) is 8.75. The Bertz CT molecular complexity index is 392. The molecule has 128 valence electrons. The summed E-state index contributed by atoms with van der Waals surface area (Å²) in [5, 5.41) is 0. The third-order valence-electron chi connectivity index (χ3n) is 3.26. The lowest BCUT2D eigenvalue weighted by Gasteiger charge is -2.32. The lowest BCUT2D eigenvalue weighted by molar-refractivity contribution is -0.163. The highest BCUT2D eigenvalue weighted by Gasteiger charge is 2.32. The van der Waals surface area contributed by atoms with Crippen molar-refractivity contribution in [1.29, 1.82) is 0 Å². The van der Waals surface area contributed by atoms with E-state index in [9.17, 15) is 14.4 Å². The van der Waals surface area contributed by atoms with Crippen molar-refractivity contribution >= 4 is 17.8 Å². The van der Waals surface area contributed by atoms with Gasteiger partial charge in [-0.3, -0.25) is 14.4 Å². The van der Waals surface area contributed by atoms with Gasteiger partial charge in [0.15, 0.2) is 6.10 Å². The average molecular weight is 315 g/mol. The summed E-state index contributed by atoms with van der Waals surface area (Å²) in [4.78, 5) is 36.3. The summed E-state index contributed by atoms with van der Waals surface area (Å²) >= 11 is 0. The van der Waals surface area contributed by atoms with E-state index in [-0.39, 0.29) is 30.4 Å². The first-order valence-corrected chi connectivity index (χ1v) is 7.63. The molecule has 6 heteroatoms. The SMILES string of the molecule is CC(=O)OC[C@H](CC(C)C)N(C)C(=O)[C@H](OC(C)=O)C(C)C. The summed E-state index contributed by atoms with van der Waals surface area (Å²) < 4.78 is 10.2. The van der Waals surface area contributed by atoms with Crippen LogP contribution < -0.4 is 0 Å². The van der Waals surface area contributed by atoms with Gasteiger partial charge in [0.25, 0.3) is 5.91 Å². The number of ether oxygens (including phenoxy) is 2. The van der Waals surface area contributed by atoms with E-state index in [0.717, 1.165) is 0 Å². The van der Waals surface area contributed by atoms with E-state index in [2.05, 4.69) is 0 Å². The molecule has 0 rings (SSSR count). The molecule has 2 atom stereocenters. The van der Waals surface area contributed by atoms with Gasteiger partial charge in [-0.25, -0.2) is 0 Å². The van der Waals surface area contributed by atoms with Crippen molar-refractivity contribution in [2.45, 2.75) is 60.1 Å². The zero-order valence-electron chi connectivity index (χ0n) is 14.7. The van der Waals surface area contributed by atoms with Crippen LogP contribution in [0.25, 0.3) is 0 Å². The minimum Gasteiger partial charge on any atom is -0.464 e. The predicted octanol–water partition coefficient (Wildman–Crippen LogP) is 2.01. The number of rotatable bonds is 8. The van der Waals surface area contributed by atoms with Crippen molar-refractivity contribution in [3.05, 3.63) is 0 Å². The maximum Gasteiger partial charge on any atom is 0.303 e. The molecular formula is C16H29NO5. The maximum atomic E-state index is 12.6. The molecular weight excluding hydrogens is 286 g/mol. The number of nitrogens with zero attached hydrogens (tertiary/aromatic N) is 1. The highest BCUT2D eigenvalue weighted by atomic mass is 16.5. The summed E-state index contributed by atoms with van der Waals surface area (Å²) in [6.45, 7) is 10.5. The first-order valence-electron chi connectivity index (χ1n) is 7.63. The van der Waals surface area contributed by atoms with Crippen molar-refractivity contribution in [2.24, 2.45) is 11.8 Å². The second-order valence-electron chi connectivity index (χ2n) is 6.31. The molecule has 0 bridgehead atoms. The van der Waals surface area contributed by atoms with Crippen molar-refractivity contribution < 1.29 is 23.9 Å². The highest BCUT2D eigenvalue weighted by molar-refractivity contribution is 5.83. The number of carbonyl (C=O) groups excluding carboxylic acids is 3. The summed E-state index contributed by atoms with van der Waals surface area (Å²) in [5.74, 6) is -0.937. The van der Waals surface area contributed by atoms with E-state index in [1.165, 1.54) is 18.7 Å². The molecule has 0 radical (unpaired) electrons. The van der Waals surface area contributed by atoms with Gasteiger partial charge in [0.2, 0.25) is 0 Å². The fraction of sp³-hybridized carbons (Fsp3) is 0.812. The predicted molar refractivity (Wildman–Crippen MR) is 83.0 cm³/mol. The molecule has 0 aliphatic heterocycles. The number of likely N-dealkylation sites (N-methyl/N-ethyl adjacent to an activating group) is 1. The maximum absolute atomic E-state index is 12.6. The number of carbonyl (C=O) groups is 3. The number of amides is 1. The second kappa shape index (κ2) is 9.43. The van der Waals surface area contributed by atoms with Crippen LogP contribution in [0, 0.1) is 11.8 Å². The molecule has 0 N–H and O–H groups in total. The van der Waals surface area contributed by atoms with Gasteiger partial charge in [0.1, 0.15) is 6.61 Å². The van der Waals surface area contributed by atoms with Crippen LogP contribution in [-0.2, 0) is 23.9 Å². The molecule has 0 aromatic rings. The van der Waals surface area contributed by atoms with Crippen molar-refractivity contribution in [3.8, 4) is 0 Å². The molecule has 1 amide bonds. The van der Waals surface area contributed by atoms with E-state index in [1.54, 1.807) is 7.05 Å². The van der Waals surface area contributed by atoms with Crippen LogP contribution in [0.15, 0.2) is 0 Å². The molecule has 0 aromatic heterocycles. The molecule has 6 nitrogen and oxygen atoms in total. The Hall–Kier alpha value is -1.59. The van der Waals surface area contributed by atoms with Gasteiger partial charge in [0, 0.05) is 20.9 Å². The molecule has 0 heterocycles. The molecule has 22 heavy (non-hydrogen) atoms. The molecule has 0 saturated carbocycles. The summed E-state index contributed by atoms with van der Waals surface area (Å²) in [6.07, 6.45) is -0.130. The summed E-state index contributed by atoms with van der Waals surface area (Å²) in [5.41, 5.74) is 0. The van der Waals surface area contributed by atoms with Crippen LogP contribution in [0.5, 0.6) is 0 Å². The Morgan fingerprint density at radius 3 is 1.91 bits per heavy atom. The molecule has 0 spiro atoms. The fourth-order valence-electron chi connectivity index (χ4n) is 2.13. The van der Waals surface area contributed by atoms with Gasteiger partial charge in [-0.1, -0.05) is 27.7 Å². The van der Waals surface area contributed by atoms with Crippen molar-refractivity contribution in [3.63, 3.8) is 0 Å². The average Bonchev–Trinajstić information content (AvgIpc) is 2.38. The minimum atomic E-state index is -0.825. The minimum absolute atomic E-state index is 0.132. The van der Waals surface area contributed by atoms with Gasteiger partial charge in [-0.2, -0.15) is 0 Å². The Morgan fingerprint density at radius 1 is 1.00 bits per heavy atom. The summed E-state index contributed by atoms with van der Waals surface area (Å²) in [6, 6.07) is -0.242. The monoisotopic (exact) mass is 315 g/mol. The van der Waals surface area contributed by atoms with Crippen LogP contribution in [0.2, 0.25) is 0 Å². The van der Waals surface area contributed by atoms with Crippen LogP contribution in [0.3, 0.4) is 0 Å². The lowest BCUT2D eigenvalue weighted by atomic mass is 10.0. The first kappa shape index (κ1) is 20.4. The molecule has 0 unspecified atom stereocenters. The van der Waals surface area contributed by atoms with E-state index in [0.29, 0.717) is 12.3 Å².